The second-order valence-electron chi connectivity index (χ2n) is 4.90. The van der Waals surface area contributed by atoms with Crippen LogP contribution in [0.5, 0.6) is 0 Å². The van der Waals surface area contributed by atoms with E-state index in [-0.39, 0.29) is 0 Å². The van der Waals surface area contributed by atoms with Gasteiger partial charge in [0, 0.05) is 23.7 Å². The zero-order valence-electron chi connectivity index (χ0n) is 12.0. The molecule has 0 spiro atoms. The SMILES string of the molecule is CCc1nc(-c2cccc(-c3cn4ncccc4n3)c2)no1. The van der Waals surface area contributed by atoms with Crippen molar-refractivity contribution < 1.29 is 4.52 Å². The van der Waals surface area contributed by atoms with Gasteiger partial charge < -0.3 is 4.52 Å². The molecular weight excluding hydrogens is 278 g/mol. The average molecular weight is 291 g/mol. The fourth-order valence-corrected chi connectivity index (χ4v) is 2.30. The molecule has 0 radical (unpaired) electrons. The van der Waals surface area contributed by atoms with E-state index in [0.717, 1.165) is 28.9 Å². The van der Waals surface area contributed by atoms with Gasteiger partial charge in [-0.05, 0) is 18.2 Å². The van der Waals surface area contributed by atoms with Crippen molar-refractivity contribution >= 4 is 5.65 Å². The Kier molecular flexibility index (Phi) is 2.93. The minimum absolute atomic E-state index is 0.598. The van der Waals surface area contributed by atoms with E-state index in [9.17, 15) is 0 Å². The number of imidazole rings is 1. The van der Waals surface area contributed by atoms with Crippen LogP contribution in [0.4, 0.5) is 0 Å². The van der Waals surface area contributed by atoms with E-state index >= 15 is 0 Å². The quantitative estimate of drug-likeness (QED) is 0.580. The lowest BCUT2D eigenvalue weighted by Crippen LogP contribution is -1.85. The Hall–Kier alpha value is -3.02. The molecule has 22 heavy (non-hydrogen) atoms. The summed E-state index contributed by atoms with van der Waals surface area (Å²) in [7, 11) is 0. The molecule has 6 heteroatoms. The summed E-state index contributed by atoms with van der Waals surface area (Å²) >= 11 is 0. The topological polar surface area (TPSA) is 69.1 Å². The first-order valence-electron chi connectivity index (χ1n) is 7.07. The highest BCUT2D eigenvalue weighted by Crippen LogP contribution is 2.24. The van der Waals surface area contributed by atoms with Gasteiger partial charge in [0.2, 0.25) is 11.7 Å². The molecule has 0 atom stereocenters. The van der Waals surface area contributed by atoms with Crippen LogP contribution in [0.25, 0.3) is 28.3 Å². The molecule has 0 saturated carbocycles. The summed E-state index contributed by atoms with van der Waals surface area (Å²) in [6.07, 6.45) is 4.37. The molecule has 3 aromatic heterocycles. The zero-order chi connectivity index (χ0) is 14.9. The standard InChI is InChI=1S/C16H13N5O/c1-2-15-19-16(20-22-15)12-6-3-5-11(9-12)13-10-21-14(18-13)7-4-8-17-21/h3-10H,2H2,1H3. The highest BCUT2D eigenvalue weighted by molar-refractivity contribution is 5.69. The lowest BCUT2D eigenvalue weighted by atomic mass is 10.1. The lowest BCUT2D eigenvalue weighted by Gasteiger charge is -1.98. The predicted octanol–water partition coefficient (Wildman–Crippen LogP) is 3.01. The number of aromatic nitrogens is 5. The van der Waals surface area contributed by atoms with Crippen molar-refractivity contribution in [3.8, 4) is 22.6 Å². The number of rotatable bonds is 3. The third-order valence-corrected chi connectivity index (χ3v) is 3.42. The largest absolute Gasteiger partial charge is 0.339 e. The van der Waals surface area contributed by atoms with E-state index in [1.807, 2.05) is 49.5 Å². The summed E-state index contributed by atoms with van der Waals surface area (Å²) in [6.45, 7) is 1.98. The molecule has 0 aliphatic rings. The third kappa shape index (κ3) is 2.14. The van der Waals surface area contributed by atoms with E-state index in [0.29, 0.717) is 11.7 Å². The highest BCUT2D eigenvalue weighted by Gasteiger charge is 2.10. The van der Waals surface area contributed by atoms with Crippen LogP contribution in [0.3, 0.4) is 0 Å². The van der Waals surface area contributed by atoms with Crippen LogP contribution in [-0.2, 0) is 6.42 Å². The van der Waals surface area contributed by atoms with E-state index in [4.69, 9.17) is 4.52 Å². The molecule has 4 rings (SSSR count). The van der Waals surface area contributed by atoms with Crippen molar-refractivity contribution in [1.82, 2.24) is 24.7 Å². The number of benzene rings is 1. The predicted molar refractivity (Wildman–Crippen MR) is 81.1 cm³/mol. The number of fused-ring (bicyclic) bond motifs is 1. The van der Waals surface area contributed by atoms with Crippen LogP contribution in [0, 0.1) is 0 Å². The Bertz CT molecular complexity index is 907. The Labute approximate surface area is 126 Å². The molecule has 0 aliphatic carbocycles. The summed E-state index contributed by atoms with van der Waals surface area (Å²) < 4.78 is 6.93. The zero-order valence-corrected chi connectivity index (χ0v) is 12.0. The Morgan fingerprint density at radius 2 is 2.00 bits per heavy atom. The van der Waals surface area contributed by atoms with E-state index in [1.54, 1.807) is 10.7 Å². The molecule has 0 N–H and O–H groups in total. The maximum absolute atomic E-state index is 5.17. The van der Waals surface area contributed by atoms with Gasteiger partial charge in [0.1, 0.15) is 0 Å². The van der Waals surface area contributed by atoms with Crippen LogP contribution >= 0.6 is 0 Å². The molecule has 0 fully saturated rings. The summed E-state index contributed by atoms with van der Waals surface area (Å²) in [5.74, 6) is 1.23. The molecule has 1 aromatic carbocycles. The maximum atomic E-state index is 5.17. The summed E-state index contributed by atoms with van der Waals surface area (Å²) in [4.78, 5) is 8.94. The lowest BCUT2D eigenvalue weighted by molar-refractivity contribution is 0.383. The number of hydrogen-bond acceptors (Lipinski definition) is 5. The highest BCUT2D eigenvalue weighted by atomic mass is 16.5. The Morgan fingerprint density at radius 1 is 1.09 bits per heavy atom. The van der Waals surface area contributed by atoms with Gasteiger partial charge in [-0.3, -0.25) is 0 Å². The second-order valence-corrected chi connectivity index (χ2v) is 4.90. The summed E-state index contributed by atoms with van der Waals surface area (Å²) in [5, 5.41) is 8.25. The first-order valence-corrected chi connectivity index (χ1v) is 7.07. The Balaban J connectivity index is 1.77. The maximum Gasteiger partial charge on any atom is 0.226 e. The molecule has 3 heterocycles. The van der Waals surface area contributed by atoms with Crippen LogP contribution in [0.2, 0.25) is 0 Å². The van der Waals surface area contributed by atoms with Crippen LogP contribution in [0.15, 0.2) is 53.3 Å². The van der Waals surface area contributed by atoms with Gasteiger partial charge in [0.15, 0.2) is 5.65 Å². The summed E-state index contributed by atoms with van der Waals surface area (Å²) in [6, 6.07) is 11.7. The fourth-order valence-electron chi connectivity index (χ4n) is 2.30. The monoisotopic (exact) mass is 291 g/mol. The molecule has 4 aromatic rings. The van der Waals surface area contributed by atoms with Crippen LogP contribution in [0.1, 0.15) is 12.8 Å². The van der Waals surface area contributed by atoms with Crippen molar-refractivity contribution in [3.05, 3.63) is 54.7 Å². The molecule has 0 saturated heterocycles. The molecule has 0 aliphatic heterocycles. The van der Waals surface area contributed by atoms with Gasteiger partial charge in [-0.2, -0.15) is 10.1 Å². The Morgan fingerprint density at radius 3 is 2.82 bits per heavy atom. The number of hydrogen-bond donors (Lipinski definition) is 0. The smallest absolute Gasteiger partial charge is 0.226 e. The van der Waals surface area contributed by atoms with E-state index < -0.39 is 0 Å². The molecule has 6 nitrogen and oxygen atoms in total. The van der Waals surface area contributed by atoms with E-state index in [2.05, 4.69) is 20.2 Å². The molecule has 0 amide bonds. The van der Waals surface area contributed by atoms with Crippen LogP contribution < -0.4 is 0 Å². The fraction of sp³-hybridized carbons (Fsp3) is 0.125. The first-order chi connectivity index (χ1) is 10.8. The molecule has 0 bridgehead atoms. The molecule has 0 unspecified atom stereocenters. The number of nitrogens with zero attached hydrogens (tertiary/aromatic N) is 5. The second kappa shape index (κ2) is 5.07. The first kappa shape index (κ1) is 12.7. The van der Waals surface area contributed by atoms with Gasteiger partial charge in [0.05, 0.1) is 11.9 Å². The van der Waals surface area contributed by atoms with Crippen LogP contribution in [-0.4, -0.2) is 24.7 Å². The van der Waals surface area contributed by atoms with Gasteiger partial charge >= 0.3 is 0 Å². The minimum Gasteiger partial charge on any atom is -0.339 e. The van der Waals surface area contributed by atoms with Gasteiger partial charge in [-0.25, -0.2) is 9.50 Å². The summed E-state index contributed by atoms with van der Waals surface area (Å²) in [5.41, 5.74) is 3.58. The van der Waals surface area contributed by atoms with Gasteiger partial charge in [-0.15, -0.1) is 0 Å². The number of aryl methyl sites for hydroxylation is 1. The van der Waals surface area contributed by atoms with Gasteiger partial charge in [-0.1, -0.05) is 30.3 Å². The van der Waals surface area contributed by atoms with Crippen molar-refractivity contribution in [2.24, 2.45) is 0 Å². The minimum atomic E-state index is 0.598. The van der Waals surface area contributed by atoms with Crippen molar-refractivity contribution in [2.75, 3.05) is 0 Å². The molecular formula is C16H13N5O. The van der Waals surface area contributed by atoms with Gasteiger partial charge in [0.25, 0.3) is 0 Å². The average Bonchev–Trinajstić information content (AvgIpc) is 3.21. The van der Waals surface area contributed by atoms with Crippen molar-refractivity contribution in [2.45, 2.75) is 13.3 Å². The normalized spacial score (nSPS) is 11.1. The van der Waals surface area contributed by atoms with Crippen molar-refractivity contribution in [3.63, 3.8) is 0 Å². The van der Waals surface area contributed by atoms with Crippen molar-refractivity contribution in [1.29, 1.82) is 0 Å². The molecule has 108 valence electrons. The van der Waals surface area contributed by atoms with E-state index in [1.165, 1.54) is 0 Å². The third-order valence-electron chi connectivity index (χ3n) is 3.42.